The maximum absolute atomic E-state index is 10.7. The van der Waals surface area contributed by atoms with Crippen LogP contribution in [0.25, 0.3) is 0 Å². The molecule has 0 fully saturated rings. The zero-order chi connectivity index (χ0) is 9.97. The first-order chi connectivity index (χ1) is 6.77. The molecule has 72 valence electrons. The van der Waals surface area contributed by atoms with Gasteiger partial charge in [0.25, 0.3) is 0 Å². The van der Waals surface area contributed by atoms with Crippen LogP contribution < -0.4 is 0 Å². The molecule has 0 radical (unpaired) electrons. The van der Waals surface area contributed by atoms with E-state index in [4.69, 9.17) is 14.0 Å². The number of rotatable bonds is 3. The Morgan fingerprint density at radius 3 is 3.07 bits per heavy atom. The van der Waals surface area contributed by atoms with Crippen molar-refractivity contribution >= 4 is 5.97 Å². The highest BCUT2D eigenvalue weighted by Gasteiger charge is 2.15. The van der Waals surface area contributed by atoms with E-state index in [0.29, 0.717) is 17.9 Å². The number of hydrogen-bond acceptors (Lipinski definition) is 4. The van der Waals surface area contributed by atoms with Crippen LogP contribution in [0.15, 0.2) is 33.5 Å². The number of carboxylic acid groups (broad SMARTS) is 1. The van der Waals surface area contributed by atoms with Gasteiger partial charge in [0.05, 0.1) is 18.9 Å². The second kappa shape index (κ2) is 3.37. The van der Waals surface area contributed by atoms with Crippen molar-refractivity contribution in [2.75, 3.05) is 0 Å². The molecule has 0 aliphatic heterocycles. The highest BCUT2D eigenvalue weighted by atomic mass is 16.5. The summed E-state index contributed by atoms with van der Waals surface area (Å²) in [4.78, 5) is 10.7. The van der Waals surface area contributed by atoms with Crippen LogP contribution >= 0.6 is 0 Å². The van der Waals surface area contributed by atoms with Crippen LogP contribution in [0, 0.1) is 0 Å². The van der Waals surface area contributed by atoms with Crippen molar-refractivity contribution in [3.8, 4) is 0 Å². The topological polar surface area (TPSA) is 76.5 Å². The Morgan fingerprint density at radius 1 is 1.57 bits per heavy atom. The van der Waals surface area contributed by atoms with Gasteiger partial charge in [-0.3, -0.25) is 0 Å². The van der Waals surface area contributed by atoms with Gasteiger partial charge in [0.15, 0.2) is 5.76 Å². The minimum atomic E-state index is -1.05. The zero-order valence-corrected chi connectivity index (χ0v) is 7.14. The number of furan rings is 1. The van der Waals surface area contributed by atoms with Gasteiger partial charge in [-0.15, -0.1) is 0 Å². The molecule has 2 heterocycles. The minimum absolute atomic E-state index is 0.0707. The molecule has 0 bridgehead atoms. The first-order valence-corrected chi connectivity index (χ1v) is 3.96. The molecule has 14 heavy (non-hydrogen) atoms. The van der Waals surface area contributed by atoms with Crippen LogP contribution in [0.2, 0.25) is 0 Å². The molecule has 2 aromatic rings. The van der Waals surface area contributed by atoms with E-state index in [2.05, 4.69) is 5.16 Å². The van der Waals surface area contributed by atoms with Crippen LogP contribution in [-0.2, 0) is 6.42 Å². The predicted octanol–water partition coefficient (Wildman–Crippen LogP) is 1.56. The molecule has 0 saturated heterocycles. The summed E-state index contributed by atoms with van der Waals surface area (Å²) in [7, 11) is 0. The summed E-state index contributed by atoms with van der Waals surface area (Å²) >= 11 is 0. The van der Waals surface area contributed by atoms with E-state index in [1.807, 2.05) is 0 Å². The summed E-state index contributed by atoms with van der Waals surface area (Å²) in [6.07, 6.45) is 3.00. The molecule has 0 aliphatic carbocycles. The standard InChI is InChI=1S/C9H7NO4/c11-9(12)7-5-10-14-8(7)4-6-2-1-3-13-6/h1-3,5H,4H2,(H,11,12). The van der Waals surface area contributed by atoms with Crippen molar-refractivity contribution in [1.82, 2.24) is 5.16 Å². The summed E-state index contributed by atoms with van der Waals surface area (Å²) < 4.78 is 9.87. The summed E-state index contributed by atoms with van der Waals surface area (Å²) in [5.74, 6) is -0.107. The van der Waals surface area contributed by atoms with E-state index in [-0.39, 0.29) is 5.56 Å². The van der Waals surface area contributed by atoms with Crippen molar-refractivity contribution < 1.29 is 18.8 Å². The molecular formula is C9H7NO4. The molecule has 0 aliphatic rings. The van der Waals surface area contributed by atoms with Crippen LogP contribution in [0.1, 0.15) is 21.9 Å². The molecule has 5 nitrogen and oxygen atoms in total. The van der Waals surface area contributed by atoms with Gasteiger partial charge in [0.1, 0.15) is 11.3 Å². The van der Waals surface area contributed by atoms with Crippen LogP contribution in [0.5, 0.6) is 0 Å². The van der Waals surface area contributed by atoms with Crippen LogP contribution in [0.4, 0.5) is 0 Å². The zero-order valence-electron chi connectivity index (χ0n) is 7.14. The fraction of sp³-hybridized carbons (Fsp3) is 0.111. The molecule has 1 N–H and O–H groups in total. The van der Waals surface area contributed by atoms with Crippen molar-refractivity contribution in [2.24, 2.45) is 0 Å². The van der Waals surface area contributed by atoms with Crippen molar-refractivity contribution in [3.05, 3.63) is 41.7 Å². The Labute approximate surface area is 78.9 Å². The number of aromatic carboxylic acids is 1. The third-order valence-electron chi connectivity index (χ3n) is 1.79. The fourth-order valence-corrected chi connectivity index (χ4v) is 1.14. The second-order valence-electron chi connectivity index (χ2n) is 2.72. The molecule has 5 heteroatoms. The van der Waals surface area contributed by atoms with Gasteiger partial charge in [0, 0.05) is 0 Å². The van der Waals surface area contributed by atoms with E-state index in [0.717, 1.165) is 0 Å². The molecule has 0 spiro atoms. The highest BCUT2D eigenvalue weighted by molar-refractivity contribution is 5.88. The van der Waals surface area contributed by atoms with E-state index in [1.165, 1.54) is 12.5 Å². The van der Waals surface area contributed by atoms with Crippen molar-refractivity contribution in [2.45, 2.75) is 6.42 Å². The maximum Gasteiger partial charge on any atom is 0.340 e. The lowest BCUT2D eigenvalue weighted by molar-refractivity contribution is 0.0694. The molecule has 0 aromatic carbocycles. The lowest BCUT2D eigenvalue weighted by Crippen LogP contribution is -1.98. The summed E-state index contributed by atoms with van der Waals surface area (Å²) in [5.41, 5.74) is 0.0707. The predicted molar refractivity (Wildman–Crippen MR) is 45.0 cm³/mol. The van der Waals surface area contributed by atoms with Crippen LogP contribution in [0.3, 0.4) is 0 Å². The second-order valence-corrected chi connectivity index (χ2v) is 2.72. The summed E-state index contributed by atoms with van der Waals surface area (Å²) in [6.45, 7) is 0. The Kier molecular flexibility index (Phi) is 2.06. The highest BCUT2D eigenvalue weighted by Crippen LogP contribution is 2.14. The van der Waals surface area contributed by atoms with E-state index < -0.39 is 5.97 Å². The third kappa shape index (κ3) is 1.52. The molecule has 0 saturated carbocycles. The fourth-order valence-electron chi connectivity index (χ4n) is 1.14. The number of carboxylic acids is 1. The number of nitrogens with zero attached hydrogens (tertiary/aromatic N) is 1. The average molecular weight is 193 g/mol. The molecule has 2 aromatic heterocycles. The number of aromatic nitrogens is 1. The minimum Gasteiger partial charge on any atom is -0.478 e. The molecule has 2 rings (SSSR count). The van der Waals surface area contributed by atoms with E-state index in [1.54, 1.807) is 12.1 Å². The van der Waals surface area contributed by atoms with Gasteiger partial charge in [-0.25, -0.2) is 4.79 Å². The van der Waals surface area contributed by atoms with Crippen molar-refractivity contribution in [3.63, 3.8) is 0 Å². The Balaban J connectivity index is 2.25. The van der Waals surface area contributed by atoms with Crippen LogP contribution in [-0.4, -0.2) is 16.2 Å². The number of hydrogen-bond donors (Lipinski definition) is 1. The maximum atomic E-state index is 10.7. The first-order valence-electron chi connectivity index (χ1n) is 3.96. The molecule has 0 atom stereocenters. The monoisotopic (exact) mass is 193 g/mol. The van der Waals surface area contributed by atoms with Gasteiger partial charge in [-0.2, -0.15) is 0 Å². The Bertz CT molecular complexity index is 429. The summed E-state index contributed by atoms with van der Waals surface area (Å²) in [5, 5.41) is 12.2. The summed E-state index contributed by atoms with van der Waals surface area (Å²) in [6, 6.07) is 3.47. The van der Waals surface area contributed by atoms with Gasteiger partial charge < -0.3 is 14.0 Å². The van der Waals surface area contributed by atoms with Gasteiger partial charge in [-0.05, 0) is 12.1 Å². The molecule has 0 amide bonds. The first kappa shape index (κ1) is 8.55. The largest absolute Gasteiger partial charge is 0.478 e. The Hall–Kier alpha value is -2.04. The third-order valence-corrected chi connectivity index (χ3v) is 1.79. The number of carbonyl (C=O) groups is 1. The molecular weight excluding hydrogens is 186 g/mol. The SMILES string of the molecule is O=C(O)c1cnoc1Cc1ccco1. The van der Waals surface area contributed by atoms with E-state index >= 15 is 0 Å². The van der Waals surface area contributed by atoms with E-state index in [9.17, 15) is 4.79 Å². The van der Waals surface area contributed by atoms with Gasteiger partial charge >= 0.3 is 5.97 Å². The lowest BCUT2D eigenvalue weighted by Gasteiger charge is -1.93. The quantitative estimate of drug-likeness (QED) is 0.800. The normalized spacial score (nSPS) is 10.3. The average Bonchev–Trinajstić information content (AvgIpc) is 2.75. The smallest absolute Gasteiger partial charge is 0.340 e. The molecule has 0 unspecified atom stereocenters. The van der Waals surface area contributed by atoms with Crippen molar-refractivity contribution in [1.29, 1.82) is 0 Å². The van der Waals surface area contributed by atoms with Gasteiger partial charge in [0.2, 0.25) is 0 Å². The van der Waals surface area contributed by atoms with Gasteiger partial charge in [-0.1, -0.05) is 5.16 Å². The Morgan fingerprint density at radius 2 is 2.43 bits per heavy atom. The lowest BCUT2D eigenvalue weighted by atomic mass is 10.2.